The van der Waals surface area contributed by atoms with E-state index >= 15 is 0 Å². The lowest BCUT2D eigenvalue weighted by Gasteiger charge is -2.07. The number of unbranched alkanes of at least 4 members (excludes halogenated alkanes) is 1. The second kappa shape index (κ2) is 5.08. The van der Waals surface area contributed by atoms with E-state index in [9.17, 15) is 0 Å². The Hall–Kier alpha value is -0.755. The van der Waals surface area contributed by atoms with Gasteiger partial charge in [0.2, 0.25) is 0 Å². The second-order valence-corrected chi connectivity index (χ2v) is 3.29. The van der Waals surface area contributed by atoms with Crippen LogP contribution in [0.4, 0.5) is 0 Å². The first-order valence-electron chi connectivity index (χ1n) is 4.76. The minimum absolute atomic E-state index is 0.0966. The van der Waals surface area contributed by atoms with Crippen molar-refractivity contribution >= 4 is 13.3 Å². The molecule has 1 N–H and O–H groups in total. The molecule has 13 heavy (non-hydrogen) atoms. The van der Waals surface area contributed by atoms with Crippen molar-refractivity contribution in [2.45, 2.75) is 32.8 Å². The predicted molar refractivity (Wildman–Crippen MR) is 56.4 cm³/mol. The van der Waals surface area contributed by atoms with Crippen LogP contribution in [-0.2, 0) is 13.0 Å². The summed E-state index contributed by atoms with van der Waals surface area (Å²) in [5, 5.41) is 8.94. The molecule has 0 unspecified atom stereocenters. The molecule has 0 fully saturated rings. The molecule has 1 aromatic carbocycles. The van der Waals surface area contributed by atoms with Gasteiger partial charge in [0, 0.05) is 0 Å². The first-order chi connectivity index (χ1) is 6.27. The molecule has 0 heterocycles. The third kappa shape index (κ3) is 2.89. The molecule has 2 radical (unpaired) electrons. The highest BCUT2D eigenvalue weighted by molar-refractivity contribution is 6.33. The summed E-state index contributed by atoms with van der Waals surface area (Å²) >= 11 is 0. The van der Waals surface area contributed by atoms with E-state index in [4.69, 9.17) is 13.0 Å². The van der Waals surface area contributed by atoms with E-state index in [2.05, 4.69) is 6.92 Å². The Labute approximate surface area is 81.2 Å². The summed E-state index contributed by atoms with van der Waals surface area (Å²) in [5.41, 5.74) is 2.94. The predicted octanol–water partition coefficient (Wildman–Crippen LogP) is 1.32. The van der Waals surface area contributed by atoms with Crippen LogP contribution in [0.25, 0.3) is 0 Å². The Morgan fingerprint density at radius 2 is 2.15 bits per heavy atom. The van der Waals surface area contributed by atoms with Gasteiger partial charge in [-0.2, -0.15) is 0 Å². The highest BCUT2D eigenvalue weighted by Gasteiger charge is 1.98. The fourth-order valence-corrected chi connectivity index (χ4v) is 1.34. The van der Waals surface area contributed by atoms with Crippen LogP contribution in [0.1, 0.15) is 30.9 Å². The van der Waals surface area contributed by atoms with E-state index in [0.29, 0.717) is 0 Å². The second-order valence-electron chi connectivity index (χ2n) is 3.29. The monoisotopic (exact) mass is 174 g/mol. The molecule has 1 rings (SSSR count). The summed E-state index contributed by atoms with van der Waals surface area (Å²) in [7, 11) is 5.80. The van der Waals surface area contributed by atoms with E-state index in [1.165, 1.54) is 6.42 Å². The summed E-state index contributed by atoms with van der Waals surface area (Å²) in [6.45, 7) is 2.26. The van der Waals surface area contributed by atoms with E-state index in [-0.39, 0.29) is 6.61 Å². The quantitative estimate of drug-likeness (QED) is 0.682. The topological polar surface area (TPSA) is 20.2 Å². The molecular weight excluding hydrogens is 159 g/mol. The van der Waals surface area contributed by atoms with Gasteiger partial charge in [0.05, 0.1) is 6.61 Å². The normalized spacial score (nSPS) is 10.3. The highest BCUT2D eigenvalue weighted by Crippen LogP contribution is 2.06. The minimum Gasteiger partial charge on any atom is -0.392 e. The van der Waals surface area contributed by atoms with Gasteiger partial charge in [-0.3, -0.25) is 0 Å². The van der Waals surface area contributed by atoms with E-state index in [1.807, 2.05) is 18.2 Å². The largest absolute Gasteiger partial charge is 0.392 e. The van der Waals surface area contributed by atoms with Crippen molar-refractivity contribution < 1.29 is 5.11 Å². The zero-order valence-electron chi connectivity index (χ0n) is 8.09. The van der Waals surface area contributed by atoms with Gasteiger partial charge in [0.1, 0.15) is 7.85 Å². The van der Waals surface area contributed by atoms with Gasteiger partial charge in [0.25, 0.3) is 0 Å². The summed E-state index contributed by atoms with van der Waals surface area (Å²) in [4.78, 5) is 0. The molecule has 68 valence electrons. The van der Waals surface area contributed by atoms with Crippen molar-refractivity contribution in [3.8, 4) is 0 Å². The molecule has 1 aromatic rings. The smallest absolute Gasteiger partial charge is 0.114 e. The Balaban J connectivity index is 2.78. The zero-order valence-corrected chi connectivity index (χ0v) is 8.09. The summed E-state index contributed by atoms with van der Waals surface area (Å²) in [6.07, 6.45) is 3.33. The molecule has 0 aliphatic heterocycles. The van der Waals surface area contributed by atoms with Crippen LogP contribution >= 0.6 is 0 Å². The molecule has 0 amide bonds. The maximum atomic E-state index is 8.94. The number of rotatable bonds is 4. The van der Waals surface area contributed by atoms with Gasteiger partial charge in [-0.25, -0.2) is 0 Å². The van der Waals surface area contributed by atoms with Crippen molar-refractivity contribution in [2.24, 2.45) is 0 Å². The van der Waals surface area contributed by atoms with Crippen LogP contribution < -0.4 is 5.46 Å². The summed E-state index contributed by atoms with van der Waals surface area (Å²) in [5.74, 6) is 0. The summed E-state index contributed by atoms with van der Waals surface area (Å²) in [6, 6.07) is 5.73. The van der Waals surface area contributed by atoms with Crippen LogP contribution in [0.5, 0.6) is 0 Å². The zero-order chi connectivity index (χ0) is 9.68. The van der Waals surface area contributed by atoms with Gasteiger partial charge in [-0.15, -0.1) is 0 Å². The molecular formula is C11H15BO. The van der Waals surface area contributed by atoms with E-state index < -0.39 is 0 Å². The van der Waals surface area contributed by atoms with Crippen LogP contribution in [0.15, 0.2) is 18.2 Å². The number of aliphatic hydroxyl groups is 1. The maximum absolute atomic E-state index is 8.94. The fraction of sp³-hybridized carbons (Fsp3) is 0.455. The Kier molecular flexibility index (Phi) is 4.03. The van der Waals surface area contributed by atoms with Gasteiger partial charge >= 0.3 is 0 Å². The molecule has 0 spiro atoms. The van der Waals surface area contributed by atoms with Gasteiger partial charge in [0.15, 0.2) is 0 Å². The van der Waals surface area contributed by atoms with Crippen LogP contribution in [0.3, 0.4) is 0 Å². The van der Waals surface area contributed by atoms with Crippen molar-refractivity contribution in [2.75, 3.05) is 0 Å². The maximum Gasteiger partial charge on any atom is 0.114 e. The van der Waals surface area contributed by atoms with E-state index in [0.717, 1.165) is 29.4 Å². The molecule has 2 heteroatoms. The van der Waals surface area contributed by atoms with Crippen molar-refractivity contribution in [3.05, 3.63) is 29.3 Å². The number of hydrogen-bond acceptors (Lipinski definition) is 1. The first kappa shape index (κ1) is 10.3. The average Bonchev–Trinajstić information content (AvgIpc) is 2.17. The molecule has 0 aliphatic carbocycles. The Morgan fingerprint density at radius 3 is 2.77 bits per heavy atom. The fourth-order valence-electron chi connectivity index (χ4n) is 1.34. The van der Waals surface area contributed by atoms with Gasteiger partial charge in [-0.1, -0.05) is 42.6 Å². The lowest BCUT2D eigenvalue weighted by Crippen LogP contribution is -2.10. The van der Waals surface area contributed by atoms with Crippen molar-refractivity contribution in [1.29, 1.82) is 0 Å². The van der Waals surface area contributed by atoms with Crippen LogP contribution in [-0.4, -0.2) is 13.0 Å². The van der Waals surface area contributed by atoms with Crippen molar-refractivity contribution in [1.82, 2.24) is 0 Å². The van der Waals surface area contributed by atoms with Crippen LogP contribution in [0, 0.1) is 0 Å². The first-order valence-corrected chi connectivity index (χ1v) is 4.76. The standard InChI is InChI=1S/C11H15BO/c1-2-3-4-10-7-9(8-13)5-6-11(10)12/h5-7,13H,2-4,8H2,1H3. The average molecular weight is 174 g/mol. The summed E-state index contributed by atoms with van der Waals surface area (Å²) < 4.78 is 0. The third-order valence-electron chi connectivity index (χ3n) is 2.19. The van der Waals surface area contributed by atoms with Crippen molar-refractivity contribution in [3.63, 3.8) is 0 Å². The molecule has 0 saturated heterocycles. The lowest BCUT2D eigenvalue weighted by atomic mass is 9.87. The molecule has 1 nitrogen and oxygen atoms in total. The van der Waals surface area contributed by atoms with Gasteiger partial charge < -0.3 is 5.11 Å². The molecule has 0 atom stereocenters. The third-order valence-corrected chi connectivity index (χ3v) is 2.19. The molecule has 0 aliphatic rings. The van der Waals surface area contributed by atoms with Gasteiger partial charge in [-0.05, 0) is 18.4 Å². The number of aliphatic hydroxyl groups excluding tert-OH is 1. The number of aryl methyl sites for hydroxylation is 1. The molecule has 0 aromatic heterocycles. The number of benzene rings is 1. The minimum atomic E-state index is 0.0966. The molecule has 0 bridgehead atoms. The molecule has 0 saturated carbocycles. The van der Waals surface area contributed by atoms with E-state index in [1.54, 1.807) is 0 Å². The Bertz CT molecular complexity index is 271. The highest BCUT2D eigenvalue weighted by atomic mass is 16.3. The Morgan fingerprint density at radius 1 is 1.38 bits per heavy atom. The SMILES string of the molecule is [B]c1ccc(CO)cc1CCCC. The number of hydrogen-bond donors (Lipinski definition) is 1. The lowest BCUT2D eigenvalue weighted by molar-refractivity contribution is 0.282. The van der Waals surface area contributed by atoms with Crippen LogP contribution in [0.2, 0.25) is 0 Å².